The molecule has 0 heterocycles. The van der Waals surface area contributed by atoms with Crippen LogP contribution in [0.1, 0.15) is 78.5 Å². The molecule has 0 aromatic heterocycles. The normalized spacial score (nSPS) is 12.2. The third-order valence-electron chi connectivity index (χ3n) is 12.6. The molecule has 7 aromatic carbocycles. The smallest absolute Gasteiger partial charge is 0.245 e. The number of nitrogens with zero attached hydrogens (tertiary/aromatic N) is 2. The first kappa shape index (κ1) is 72.7. The summed E-state index contributed by atoms with van der Waals surface area (Å²) in [6, 6.07) is 69.0. The highest BCUT2D eigenvalue weighted by Crippen LogP contribution is 2.10. The van der Waals surface area contributed by atoms with Gasteiger partial charge >= 0.3 is 0 Å². The van der Waals surface area contributed by atoms with E-state index in [0.717, 1.165) is 59.3 Å². The molecule has 0 aliphatic carbocycles. The summed E-state index contributed by atoms with van der Waals surface area (Å²) >= 11 is 4.15. The third kappa shape index (κ3) is 36.3. The van der Waals surface area contributed by atoms with Gasteiger partial charge in [-0.15, -0.1) is 0 Å². The number of carbonyl (C=O) groups is 4. The molecule has 7 aromatic rings. The second-order valence-electron chi connectivity index (χ2n) is 21.0. The summed E-state index contributed by atoms with van der Waals surface area (Å²) in [6.07, 6.45) is 6.92. The second kappa shape index (κ2) is 45.8. The van der Waals surface area contributed by atoms with E-state index in [2.05, 4.69) is 49.4 Å². The Kier molecular flexibility index (Phi) is 38.7. The Morgan fingerprint density at radius 1 is 0.442 bits per heavy atom. The molecule has 17 heteroatoms. The highest BCUT2D eigenvalue weighted by atomic mass is 32.1. The highest BCUT2D eigenvalue weighted by Gasteiger charge is 2.14. The van der Waals surface area contributed by atoms with E-state index in [-0.39, 0.29) is 48.4 Å². The molecule has 0 radical (unpaired) electrons. The van der Waals surface area contributed by atoms with Gasteiger partial charge in [-0.05, 0) is 89.1 Å². The molecule has 0 bridgehead atoms. The zero-order valence-electron chi connectivity index (χ0n) is 50.3. The van der Waals surface area contributed by atoms with Gasteiger partial charge in [0.15, 0.2) is 0 Å². The number of nitrogens with one attached hydrogen (secondary N) is 2. The topological polar surface area (TPSA) is 257 Å². The minimum Gasteiger partial charge on any atom is -0.359 e. The van der Waals surface area contributed by atoms with E-state index >= 15 is 0 Å². The maximum absolute atomic E-state index is 11.7. The maximum Gasteiger partial charge on any atom is 0.245 e. The molecule has 0 saturated carbocycles. The number of amides is 4. The first-order valence-electron chi connectivity index (χ1n) is 29.1. The van der Waals surface area contributed by atoms with Gasteiger partial charge in [0.1, 0.15) is 13.2 Å². The van der Waals surface area contributed by atoms with E-state index in [1.165, 1.54) is 21.3 Å². The summed E-state index contributed by atoms with van der Waals surface area (Å²) in [7, 11) is 1.62. The van der Waals surface area contributed by atoms with Crippen molar-refractivity contribution in [2.75, 3.05) is 25.9 Å². The number of hydroxylamine groups is 5. The Labute approximate surface area is 516 Å². The van der Waals surface area contributed by atoms with Gasteiger partial charge in [0.2, 0.25) is 24.6 Å². The summed E-state index contributed by atoms with van der Waals surface area (Å²) < 4.78 is 0. The molecule has 0 saturated heterocycles. The Bertz CT molecular complexity index is 2790. The van der Waals surface area contributed by atoms with Crippen molar-refractivity contribution in [2.24, 2.45) is 34.6 Å². The van der Waals surface area contributed by atoms with Gasteiger partial charge in [-0.3, -0.25) is 33.7 Å². The van der Waals surface area contributed by atoms with Crippen molar-refractivity contribution in [2.45, 2.75) is 115 Å². The Hall–Kier alpha value is -7.55. The summed E-state index contributed by atoms with van der Waals surface area (Å²) in [5, 5.41) is 5.11. The predicted molar refractivity (Wildman–Crippen MR) is 349 cm³/mol. The van der Waals surface area contributed by atoms with Gasteiger partial charge in [0, 0.05) is 50.1 Å². The monoisotopic (exact) mass is 1190 g/mol. The van der Waals surface area contributed by atoms with Crippen molar-refractivity contribution in [3.05, 3.63) is 251 Å². The molecule has 0 spiro atoms. The Morgan fingerprint density at radius 3 is 1.07 bits per heavy atom. The Morgan fingerprint density at radius 2 is 0.744 bits per heavy atom. The number of benzene rings is 7. The van der Waals surface area contributed by atoms with Crippen LogP contribution in [-0.2, 0) is 79.2 Å². The van der Waals surface area contributed by atoms with Crippen molar-refractivity contribution in [1.82, 2.24) is 20.9 Å². The van der Waals surface area contributed by atoms with Crippen LogP contribution in [0.15, 0.2) is 212 Å². The van der Waals surface area contributed by atoms with Gasteiger partial charge in [-0.2, -0.15) is 12.6 Å². The number of hydrogen-bond acceptors (Lipinski definition) is 13. The van der Waals surface area contributed by atoms with E-state index in [0.29, 0.717) is 70.9 Å². The van der Waals surface area contributed by atoms with Crippen LogP contribution in [0.2, 0.25) is 0 Å². The fourth-order valence-corrected chi connectivity index (χ4v) is 8.73. The largest absolute Gasteiger partial charge is 0.359 e. The molecule has 5 unspecified atom stereocenters. The summed E-state index contributed by atoms with van der Waals surface area (Å²) in [5.74, 6) is 1.18. The molecule has 0 aliphatic rings. The van der Waals surface area contributed by atoms with Gasteiger partial charge < -0.3 is 34.0 Å². The lowest BCUT2D eigenvalue weighted by atomic mass is 10.0. The highest BCUT2D eigenvalue weighted by molar-refractivity contribution is 7.80. The van der Waals surface area contributed by atoms with Crippen molar-refractivity contribution in [3.63, 3.8) is 0 Å². The molecule has 0 fully saturated rings. The van der Waals surface area contributed by atoms with Crippen LogP contribution in [0.25, 0.3) is 0 Å². The van der Waals surface area contributed by atoms with E-state index in [9.17, 15) is 19.2 Å². The maximum atomic E-state index is 11.7. The molecule has 462 valence electrons. The number of rotatable bonds is 31. The minimum absolute atomic E-state index is 0.00608. The molecule has 0 aliphatic heterocycles. The quantitative estimate of drug-likeness (QED) is 0.0115. The van der Waals surface area contributed by atoms with Gasteiger partial charge in [-0.25, -0.2) is 15.6 Å². The van der Waals surface area contributed by atoms with Crippen LogP contribution in [0.3, 0.4) is 0 Å². The molecular weight excluding hydrogens is 1100 g/mol. The van der Waals surface area contributed by atoms with Crippen LogP contribution in [0.4, 0.5) is 0 Å². The lowest BCUT2D eigenvalue weighted by molar-refractivity contribution is -0.179. The molecule has 7 rings (SSSR count). The average Bonchev–Trinajstić information content (AvgIpc) is 3.55. The molecule has 12 N–H and O–H groups in total. The molecule has 16 nitrogen and oxygen atoms in total. The van der Waals surface area contributed by atoms with E-state index in [1.54, 1.807) is 7.05 Å². The average molecular weight is 1190 g/mol. The number of thiol groups is 1. The zero-order valence-corrected chi connectivity index (χ0v) is 51.2. The van der Waals surface area contributed by atoms with Crippen LogP contribution in [0, 0.1) is 5.92 Å². The number of hydrogen-bond donors (Lipinski definition) is 8. The van der Waals surface area contributed by atoms with Gasteiger partial charge in [-0.1, -0.05) is 226 Å². The lowest BCUT2D eigenvalue weighted by Crippen LogP contribution is -2.38. The molecular formula is C69H93N9O7S. The minimum atomic E-state index is -0.215. The summed E-state index contributed by atoms with van der Waals surface area (Å²) in [4.78, 5) is 60.8. The number of carbonyl (C=O) groups excluding carboxylic acids is 4. The third-order valence-corrected chi connectivity index (χ3v) is 12.9. The van der Waals surface area contributed by atoms with E-state index < -0.39 is 0 Å². The van der Waals surface area contributed by atoms with E-state index in [1.807, 2.05) is 200 Å². The van der Waals surface area contributed by atoms with Crippen LogP contribution in [-0.4, -0.2) is 90.9 Å². The fourth-order valence-electron chi connectivity index (χ4n) is 8.40. The van der Waals surface area contributed by atoms with Crippen molar-refractivity contribution in [1.29, 1.82) is 0 Å². The van der Waals surface area contributed by atoms with Crippen LogP contribution in [0.5, 0.6) is 0 Å². The molecule has 5 atom stereocenters. The van der Waals surface area contributed by atoms with Crippen molar-refractivity contribution >= 4 is 37.3 Å². The van der Waals surface area contributed by atoms with Crippen LogP contribution >= 0.6 is 12.6 Å². The summed E-state index contributed by atoms with van der Waals surface area (Å²) in [5.41, 5.74) is 39.9. The molecule has 86 heavy (non-hydrogen) atoms. The van der Waals surface area contributed by atoms with Crippen molar-refractivity contribution in [3.8, 4) is 0 Å². The first-order chi connectivity index (χ1) is 41.7. The lowest BCUT2D eigenvalue weighted by Gasteiger charge is -2.22. The number of nitrogens with two attached hydrogens (primary N) is 5. The summed E-state index contributed by atoms with van der Waals surface area (Å²) in [6.45, 7) is 6.09. The van der Waals surface area contributed by atoms with Gasteiger partial charge in [0.25, 0.3) is 0 Å². The SMILES string of the molecule is CC(C)CC(N)CN(C=O)OCc1ccccc1.CNC(=O)CC(N)Cc1ccccc1.NC(CC(=O)NOCc1ccccc1)Cc1ccccc1.NC(CCS)Cc1ccccc1.NC(Cc1ccccc1)CN(C=O)OCc1ccccc1. The van der Waals surface area contributed by atoms with Gasteiger partial charge in [0.05, 0.1) is 19.7 Å². The second-order valence-corrected chi connectivity index (χ2v) is 21.5. The van der Waals surface area contributed by atoms with E-state index in [4.69, 9.17) is 43.2 Å². The van der Waals surface area contributed by atoms with Crippen molar-refractivity contribution < 1.29 is 33.7 Å². The molecule has 4 amide bonds. The predicted octanol–water partition coefficient (Wildman–Crippen LogP) is 8.86. The van der Waals surface area contributed by atoms with Crippen LogP contribution < -0.4 is 39.5 Å². The standard InChI is InChI=1S/2C17H20N2O2.C14H22N2O2.C11H16N2O.C10H15NS/c18-17(11-15-7-3-1-4-8-15)12-19(14-20)21-13-16-9-5-2-6-10-16;18-16(11-14-7-3-1-4-8-14)12-17(20)19-21-13-15-9-5-2-6-10-15;1-12(2)8-14(15)9-16(11-17)18-10-13-6-4-3-5-7-13;1-13-11(14)8-10(12)7-9-5-3-2-4-6-9;11-10(6-7-12)8-9-4-2-1-3-5-9/h1-10,14,17H,11-13,18H2;1-10,16H,11-13,18H2,(H,19,20);3-7,11-12,14H,8-10,15H2,1-2H3;2-6,10H,7-8,12H2,1H3,(H,13,14);1-5,10,12H,6-8,11H2. The fraction of sp³-hybridized carbons (Fsp3) is 0.333. The zero-order chi connectivity index (χ0) is 62.4. The Balaban J connectivity index is 0.000000286. The first-order valence-corrected chi connectivity index (χ1v) is 29.8.